The number of sulfonamides is 1. The molecule has 0 spiro atoms. The Bertz CT molecular complexity index is 1090. The van der Waals surface area contributed by atoms with Gasteiger partial charge < -0.3 is 4.98 Å². The van der Waals surface area contributed by atoms with Gasteiger partial charge in [-0.05, 0) is 48.9 Å². The molecule has 6 heteroatoms. The lowest BCUT2D eigenvalue weighted by Crippen LogP contribution is -2.29. The van der Waals surface area contributed by atoms with E-state index >= 15 is 0 Å². The number of hydrogen-bond acceptors (Lipinski definition) is 3. The molecule has 0 bridgehead atoms. The maximum atomic E-state index is 12.3. The Morgan fingerprint density at radius 1 is 1.04 bits per heavy atom. The second-order valence-corrected chi connectivity index (χ2v) is 8.47. The van der Waals surface area contributed by atoms with Crippen molar-refractivity contribution in [1.29, 1.82) is 0 Å². The average molecular weight is 370 g/mol. The molecule has 0 aliphatic carbocycles. The van der Waals surface area contributed by atoms with Crippen LogP contribution in [0, 0.1) is 13.8 Å². The van der Waals surface area contributed by atoms with Crippen LogP contribution < -0.4 is 10.3 Å². The first-order valence-corrected chi connectivity index (χ1v) is 10.1. The highest BCUT2D eigenvalue weighted by atomic mass is 32.2. The highest BCUT2D eigenvalue weighted by Crippen LogP contribution is 2.18. The molecule has 0 aliphatic heterocycles. The van der Waals surface area contributed by atoms with Crippen molar-refractivity contribution in [3.8, 4) is 0 Å². The summed E-state index contributed by atoms with van der Waals surface area (Å²) in [4.78, 5) is 15.1. The lowest BCUT2D eigenvalue weighted by molar-refractivity contribution is 0.580. The van der Waals surface area contributed by atoms with Crippen molar-refractivity contribution in [2.24, 2.45) is 0 Å². The van der Waals surface area contributed by atoms with Crippen LogP contribution in [0.15, 0.2) is 53.3 Å². The summed E-state index contributed by atoms with van der Waals surface area (Å²) in [5.41, 5.74) is 3.98. The van der Waals surface area contributed by atoms with Gasteiger partial charge in [-0.3, -0.25) is 4.79 Å². The first-order chi connectivity index (χ1) is 12.3. The standard InChI is InChI=1S/C20H22N2O3S/c1-14-10-15(2)19-17(11-14)12-18(20(23)22-19)13-21-26(24,25)9-8-16-6-4-3-5-7-16/h3-7,10-12,21H,8-9,13H2,1-2H3,(H,22,23). The molecule has 0 saturated heterocycles. The number of nitrogens with one attached hydrogen (secondary N) is 2. The van der Waals surface area contributed by atoms with Gasteiger partial charge in [0.25, 0.3) is 5.56 Å². The van der Waals surface area contributed by atoms with E-state index in [9.17, 15) is 13.2 Å². The number of rotatable bonds is 6. The fourth-order valence-corrected chi connectivity index (χ4v) is 4.04. The van der Waals surface area contributed by atoms with Gasteiger partial charge >= 0.3 is 0 Å². The predicted octanol–water partition coefficient (Wildman–Crippen LogP) is 2.81. The summed E-state index contributed by atoms with van der Waals surface area (Å²) in [5.74, 6) is -0.0132. The maximum absolute atomic E-state index is 12.3. The van der Waals surface area contributed by atoms with Gasteiger partial charge in [-0.1, -0.05) is 42.0 Å². The summed E-state index contributed by atoms with van der Waals surface area (Å²) < 4.78 is 27.0. The van der Waals surface area contributed by atoms with Gasteiger partial charge in [-0.2, -0.15) is 0 Å². The molecule has 3 rings (SSSR count). The molecule has 0 saturated carbocycles. The third-order valence-electron chi connectivity index (χ3n) is 4.36. The molecule has 0 atom stereocenters. The van der Waals surface area contributed by atoms with E-state index in [2.05, 4.69) is 9.71 Å². The number of fused-ring (bicyclic) bond motifs is 1. The van der Waals surface area contributed by atoms with E-state index in [-0.39, 0.29) is 17.9 Å². The maximum Gasteiger partial charge on any atom is 0.252 e. The summed E-state index contributed by atoms with van der Waals surface area (Å²) in [6.07, 6.45) is 0.433. The zero-order chi connectivity index (χ0) is 18.7. The van der Waals surface area contributed by atoms with Gasteiger partial charge in [-0.25, -0.2) is 13.1 Å². The van der Waals surface area contributed by atoms with Gasteiger partial charge in [0.05, 0.1) is 11.3 Å². The van der Waals surface area contributed by atoms with Gasteiger partial charge in [-0.15, -0.1) is 0 Å². The van der Waals surface area contributed by atoms with Gasteiger partial charge in [0.2, 0.25) is 10.0 Å². The van der Waals surface area contributed by atoms with E-state index in [4.69, 9.17) is 0 Å². The smallest absolute Gasteiger partial charge is 0.252 e. The molecular weight excluding hydrogens is 348 g/mol. The third kappa shape index (κ3) is 4.39. The Kier molecular flexibility index (Phi) is 5.25. The van der Waals surface area contributed by atoms with Gasteiger partial charge in [0.1, 0.15) is 0 Å². The fourth-order valence-electron chi connectivity index (χ4n) is 3.02. The summed E-state index contributed by atoms with van der Waals surface area (Å²) in [6.45, 7) is 3.91. The summed E-state index contributed by atoms with van der Waals surface area (Å²) >= 11 is 0. The zero-order valence-electron chi connectivity index (χ0n) is 14.9. The van der Waals surface area contributed by atoms with Crippen LogP contribution >= 0.6 is 0 Å². The number of aromatic nitrogens is 1. The number of pyridine rings is 1. The second kappa shape index (κ2) is 7.43. The molecule has 0 aliphatic rings. The van der Waals surface area contributed by atoms with Crippen molar-refractivity contribution in [1.82, 2.24) is 9.71 Å². The van der Waals surface area contributed by atoms with E-state index in [1.54, 1.807) is 6.07 Å². The van der Waals surface area contributed by atoms with Gasteiger partial charge in [0, 0.05) is 12.1 Å². The van der Waals surface area contributed by atoms with Crippen LogP contribution in [0.2, 0.25) is 0 Å². The SMILES string of the molecule is Cc1cc(C)c2[nH]c(=O)c(CNS(=O)(=O)CCc3ccccc3)cc2c1. The third-order valence-corrected chi connectivity index (χ3v) is 5.68. The van der Waals surface area contributed by atoms with Gasteiger partial charge in [0.15, 0.2) is 0 Å². The van der Waals surface area contributed by atoms with Crippen LogP contribution in [0.4, 0.5) is 0 Å². The molecule has 2 N–H and O–H groups in total. The lowest BCUT2D eigenvalue weighted by Gasteiger charge is -2.09. The quantitative estimate of drug-likeness (QED) is 0.700. The Hall–Kier alpha value is -2.44. The normalized spacial score (nSPS) is 11.8. The molecule has 136 valence electrons. The number of benzene rings is 2. The van der Waals surface area contributed by atoms with Crippen molar-refractivity contribution in [3.05, 3.63) is 81.1 Å². The Morgan fingerprint density at radius 3 is 2.50 bits per heavy atom. The molecule has 2 aromatic carbocycles. The van der Waals surface area contributed by atoms with E-state index < -0.39 is 10.0 Å². The minimum Gasteiger partial charge on any atom is -0.321 e. The molecule has 1 aromatic heterocycles. The minimum absolute atomic E-state index is 0.0132. The minimum atomic E-state index is -3.47. The Balaban J connectivity index is 1.74. The summed E-state index contributed by atoms with van der Waals surface area (Å²) in [5, 5.41) is 0.903. The van der Waals surface area contributed by atoms with Crippen molar-refractivity contribution in [2.45, 2.75) is 26.8 Å². The topological polar surface area (TPSA) is 79.0 Å². The molecule has 0 amide bonds. The predicted molar refractivity (Wildman–Crippen MR) is 105 cm³/mol. The van der Waals surface area contributed by atoms with Crippen LogP contribution in [0.25, 0.3) is 10.9 Å². The van der Waals surface area contributed by atoms with E-state index in [1.165, 1.54) is 0 Å². The van der Waals surface area contributed by atoms with Crippen molar-refractivity contribution < 1.29 is 8.42 Å². The van der Waals surface area contributed by atoms with E-state index in [1.807, 2.05) is 56.3 Å². The van der Waals surface area contributed by atoms with Crippen LogP contribution in [0.5, 0.6) is 0 Å². The fraction of sp³-hybridized carbons (Fsp3) is 0.250. The van der Waals surface area contributed by atoms with Crippen molar-refractivity contribution >= 4 is 20.9 Å². The number of hydrogen-bond donors (Lipinski definition) is 2. The summed E-state index contributed by atoms with van der Waals surface area (Å²) in [7, 11) is -3.47. The Labute approximate surface area is 153 Å². The molecule has 3 aromatic rings. The van der Waals surface area contributed by atoms with Crippen LogP contribution in [-0.2, 0) is 23.0 Å². The monoisotopic (exact) mass is 370 g/mol. The zero-order valence-corrected chi connectivity index (χ0v) is 15.7. The highest BCUT2D eigenvalue weighted by Gasteiger charge is 2.12. The van der Waals surface area contributed by atoms with E-state index in [0.717, 1.165) is 27.6 Å². The summed E-state index contributed by atoms with van der Waals surface area (Å²) in [6, 6.07) is 15.2. The number of aromatic amines is 1. The lowest BCUT2D eigenvalue weighted by atomic mass is 10.1. The number of aryl methyl sites for hydroxylation is 3. The molecule has 0 fully saturated rings. The number of H-pyrrole nitrogens is 1. The molecule has 0 radical (unpaired) electrons. The second-order valence-electron chi connectivity index (χ2n) is 6.55. The largest absolute Gasteiger partial charge is 0.321 e. The van der Waals surface area contributed by atoms with Crippen LogP contribution in [0.3, 0.4) is 0 Å². The first kappa shape index (κ1) is 18.4. The van der Waals surface area contributed by atoms with Crippen molar-refractivity contribution in [2.75, 3.05) is 5.75 Å². The van der Waals surface area contributed by atoms with Crippen LogP contribution in [0.1, 0.15) is 22.3 Å². The molecular formula is C20H22N2O3S. The van der Waals surface area contributed by atoms with Crippen molar-refractivity contribution in [3.63, 3.8) is 0 Å². The Morgan fingerprint density at radius 2 is 1.77 bits per heavy atom. The highest BCUT2D eigenvalue weighted by molar-refractivity contribution is 7.89. The molecule has 5 nitrogen and oxygen atoms in total. The molecule has 26 heavy (non-hydrogen) atoms. The van der Waals surface area contributed by atoms with E-state index in [0.29, 0.717) is 12.0 Å². The molecule has 1 heterocycles. The molecule has 0 unspecified atom stereocenters. The average Bonchev–Trinajstić information content (AvgIpc) is 2.60. The van der Waals surface area contributed by atoms with Crippen LogP contribution in [-0.4, -0.2) is 19.2 Å². The first-order valence-electron chi connectivity index (χ1n) is 8.48.